The van der Waals surface area contributed by atoms with Crippen molar-refractivity contribution in [1.29, 1.82) is 0 Å². The van der Waals surface area contributed by atoms with Gasteiger partial charge in [-0.2, -0.15) is 0 Å². The summed E-state index contributed by atoms with van der Waals surface area (Å²) in [6, 6.07) is 50.6. The molecule has 1 aromatic heterocycles. The largest absolute Gasteiger partial charge is 0.453 e. The van der Waals surface area contributed by atoms with Crippen LogP contribution < -0.4 is 14.5 Å². The van der Waals surface area contributed by atoms with Crippen LogP contribution in [-0.2, 0) is 5.41 Å². The Morgan fingerprint density at radius 3 is 1.68 bits per heavy atom. The molecule has 3 heterocycles. The average Bonchev–Trinajstić information content (AvgIpc) is 3.62. The predicted molar refractivity (Wildman–Crippen MR) is 188 cm³/mol. The fourth-order valence-electron chi connectivity index (χ4n) is 7.01. The van der Waals surface area contributed by atoms with Gasteiger partial charge in [0.2, 0.25) is 0 Å². The second-order valence-corrected chi connectivity index (χ2v) is 12.5. The zero-order chi connectivity index (χ0) is 31.5. The van der Waals surface area contributed by atoms with Crippen LogP contribution in [0.5, 0.6) is 11.5 Å². The first kappa shape index (κ1) is 27.2. The second kappa shape index (κ2) is 10.5. The molecule has 0 fully saturated rings. The molecule has 0 atom stereocenters. The van der Waals surface area contributed by atoms with Crippen molar-refractivity contribution >= 4 is 34.1 Å². The molecular formula is C41H31N5O. The number of aromatic nitrogens is 3. The quantitative estimate of drug-likeness (QED) is 0.199. The van der Waals surface area contributed by atoms with Crippen LogP contribution in [0, 0.1) is 0 Å². The molecule has 2 aliphatic rings. The van der Waals surface area contributed by atoms with Gasteiger partial charge in [0.05, 0.1) is 34.6 Å². The van der Waals surface area contributed by atoms with Crippen molar-refractivity contribution in [2.24, 2.45) is 0 Å². The Bertz CT molecular complexity index is 2190. The van der Waals surface area contributed by atoms with Gasteiger partial charge in [0, 0.05) is 22.4 Å². The number of benzene rings is 6. The fourth-order valence-corrected chi connectivity index (χ4v) is 7.01. The normalized spacial score (nSPS) is 14.0. The zero-order valence-corrected chi connectivity index (χ0v) is 26.1. The van der Waals surface area contributed by atoms with Gasteiger partial charge in [-0.1, -0.05) is 97.9 Å². The van der Waals surface area contributed by atoms with Crippen LogP contribution in [0.2, 0.25) is 0 Å². The number of hydrogen-bond acceptors (Lipinski definition) is 5. The van der Waals surface area contributed by atoms with Crippen LogP contribution in [0.4, 0.5) is 34.1 Å². The fraction of sp³-hybridized carbons (Fsp3) is 0.0732. The second-order valence-electron chi connectivity index (χ2n) is 12.5. The van der Waals surface area contributed by atoms with Crippen molar-refractivity contribution in [3.8, 4) is 28.4 Å². The van der Waals surface area contributed by atoms with Gasteiger partial charge in [-0.3, -0.25) is 0 Å². The van der Waals surface area contributed by atoms with E-state index in [4.69, 9.17) is 4.74 Å². The number of ether oxygens (including phenoxy) is 1. The van der Waals surface area contributed by atoms with E-state index in [9.17, 15) is 0 Å². The van der Waals surface area contributed by atoms with E-state index >= 15 is 0 Å². The van der Waals surface area contributed by atoms with Gasteiger partial charge in [0.25, 0.3) is 0 Å². The van der Waals surface area contributed by atoms with Crippen LogP contribution >= 0.6 is 0 Å². The molecule has 0 bridgehead atoms. The van der Waals surface area contributed by atoms with Crippen molar-refractivity contribution in [3.63, 3.8) is 0 Å². The van der Waals surface area contributed by atoms with E-state index in [0.29, 0.717) is 0 Å². The van der Waals surface area contributed by atoms with Crippen molar-refractivity contribution in [1.82, 2.24) is 15.0 Å². The Balaban J connectivity index is 1.05. The lowest BCUT2D eigenvalue weighted by Crippen LogP contribution is -2.30. The third-order valence-corrected chi connectivity index (χ3v) is 9.34. The van der Waals surface area contributed by atoms with Crippen LogP contribution in [0.3, 0.4) is 0 Å². The lowest BCUT2D eigenvalue weighted by molar-refractivity contribution is 0.477. The van der Waals surface area contributed by atoms with Gasteiger partial charge in [-0.15, -0.1) is 5.10 Å². The molecule has 2 aliphatic heterocycles. The standard InChI is InChI=1S/C41H31N5O/c1-41(2)32-14-3-5-16-35(32)45(36-17-6-4-15-33(36)41)29-24-22-28(23-25-29)34-27-44(43-42-34)30-12-11-13-31(26-30)46-37-18-7-9-20-39(37)47-40-21-10-8-19-38(40)46/h3-27H,1-2H3. The van der Waals surface area contributed by atoms with E-state index in [1.165, 1.54) is 22.5 Å². The topological polar surface area (TPSA) is 46.4 Å². The Kier molecular flexibility index (Phi) is 6.05. The molecule has 0 saturated carbocycles. The Hall–Kier alpha value is -6.14. The van der Waals surface area contributed by atoms with Gasteiger partial charge in [-0.05, 0) is 77.9 Å². The maximum absolute atomic E-state index is 6.21. The van der Waals surface area contributed by atoms with E-state index in [0.717, 1.165) is 51.2 Å². The molecule has 0 aliphatic carbocycles. The minimum absolute atomic E-state index is 0.0893. The third-order valence-electron chi connectivity index (χ3n) is 9.34. The summed E-state index contributed by atoms with van der Waals surface area (Å²) in [6.45, 7) is 4.62. The van der Waals surface area contributed by atoms with Crippen molar-refractivity contribution in [3.05, 3.63) is 163 Å². The van der Waals surface area contributed by atoms with E-state index in [1.807, 2.05) is 47.3 Å². The number of para-hydroxylation sites is 6. The molecule has 6 aromatic carbocycles. The number of rotatable bonds is 4. The maximum atomic E-state index is 6.21. The Morgan fingerprint density at radius 1 is 0.511 bits per heavy atom. The molecular weight excluding hydrogens is 578 g/mol. The minimum atomic E-state index is -0.0893. The minimum Gasteiger partial charge on any atom is -0.453 e. The van der Waals surface area contributed by atoms with E-state index in [-0.39, 0.29) is 5.41 Å². The highest BCUT2D eigenvalue weighted by molar-refractivity contribution is 5.87. The zero-order valence-electron chi connectivity index (χ0n) is 26.1. The van der Waals surface area contributed by atoms with Gasteiger partial charge >= 0.3 is 0 Å². The van der Waals surface area contributed by atoms with Crippen molar-refractivity contribution < 1.29 is 4.74 Å². The summed E-state index contributed by atoms with van der Waals surface area (Å²) >= 11 is 0. The Labute approximate surface area is 273 Å². The maximum Gasteiger partial charge on any atom is 0.151 e. The van der Waals surface area contributed by atoms with Crippen LogP contribution in [0.1, 0.15) is 25.0 Å². The summed E-state index contributed by atoms with van der Waals surface area (Å²) in [6.07, 6.45) is 1.99. The highest BCUT2D eigenvalue weighted by Gasteiger charge is 2.36. The lowest BCUT2D eigenvalue weighted by atomic mass is 9.73. The van der Waals surface area contributed by atoms with E-state index in [1.54, 1.807) is 0 Å². The molecule has 7 aromatic rings. The monoisotopic (exact) mass is 609 g/mol. The molecule has 0 amide bonds. The summed E-state index contributed by atoms with van der Waals surface area (Å²) < 4.78 is 8.05. The molecule has 47 heavy (non-hydrogen) atoms. The van der Waals surface area contributed by atoms with Gasteiger partial charge < -0.3 is 14.5 Å². The molecule has 6 nitrogen and oxygen atoms in total. The van der Waals surface area contributed by atoms with Crippen molar-refractivity contribution in [2.45, 2.75) is 19.3 Å². The first-order valence-electron chi connectivity index (χ1n) is 15.8. The van der Waals surface area contributed by atoms with E-state index in [2.05, 4.69) is 143 Å². The van der Waals surface area contributed by atoms with E-state index < -0.39 is 0 Å². The van der Waals surface area contributed by atoms with Gasteiger partial charge in [-0.25, -0.2) is 4.68 Å². The smallest absolute Gasteiger partial charge is 0.151 e. The van der Waals surface area contributed by atoms with Gasteiger partial charge in [0.15, 0.2) is 11.5 Å². The molecule has 0 spiro atoms. The summed E-state index contributed by atoms with van der Waals surface area (Å²) in [5.74, 6) is 1.65. The number of fused-ring (bicyclic) bond motifs is 4. The predicted octanol–water partition coefficient (Wildman–Crippen LogP) is 10.6. The van der Waals surface area contributed by atoms with Crippen LogP contribution in [0.25, 0.3) is 16.9 Å². The van der Waals surface area contributed by atoms with Crippen LogP contribution in [-0.4, -0.2) is 15.0 Å². The molecule has 0 saturated heterocycles. The number of anilines is 6. The summed E-state index contributed by atoms with van der Waals surface area (Å²) in [4.78, 5) is 4.59. The first-order valence-corrected chi connectivity index (χ1v) is 15.8. The molecule has 0 N–H and O–H groups in total. The number of nitrogens with zero attached hydrogens (tertiary/aromatic N) is 5. The summed E-state index contributed by atoms with van der Waals surface area (Å²) in [5.41, 5.74) is 11.8. The molecule has 6 heteroatoms. The van der Waals surface area contributed by atoms with Gasteiger partial charge in [0.1, 0.15) is 5.69 Å². The SMILES string of the molecule is CC1(C)c2ccccc2N(c2ccc(-c3cn(-c4cccc(N5c6ccccc6Oc6ccccc65)c4)nn3)cc2)c2ccccc21. The molecule has 0 radical (unpaired) electrons. The first-order chi connectivity index (χ1) is 23.1. The summed E-state index contributed by atoms with van der Waals surface area (Å²) in [5, 5.41) is 9.11. The lowest BCUT2D eigenvalue weighted by Gasteiger charge is -2.42. The average molecular weight is 610 g/mol. The summed E-state index contributed by atoms with van der Waals surface area (Å²) in [7, 11) is 0. The third kappa shape index (κ3) is 4.33. The van der Waals surface area contributed by atoms with Crippen LogP contribution in [0.15, 0.2) is 152 Å². The molecule has 9 rings (SSSR count). The molecule has 0 unspecified atom stereocenters. The molecule has 226 valence electrons. The Morgan fingerprint density at radius 2 is 1.04 bits per heavy atom. The highest BCUT2D eigenvalue weighted by atomic mass is 16.5. The van der Waals surface area contributed by atoms with Crippen molar-refractivity contribution in [2.75, 3.05) is 9.80 Å². The highest BCUT2D eigenvalue weighted by Crippen LogP contribution is 2.52. The number of hydrogen-bond donors (Lipinski definition) is 0.